The van der Waals surface area contributed by atoms with Crippen LogP contribution in [0.5, 0.6) is 0 Å². The minimum absolute atomic E-state index is 0.00361. The minimum Gasteiger partial charge on any atom is -0.436 e. The maximum Gasteiger partial charge on any atom is 0.451 e. The number of rotatable bonds is 1. The van der Waals surface area contributed by atoms with Crippen molar-refractivity contribution in [1.29, 1.82) is 0 Å². The largest absolute Gasteiger partial charge is 0.451 e. The van der Waals surface area contributed by atoms with Crippen LogP contribution in [0.4, 0.5) is 13.2 Å². The first-order valence-electron chi connectivity index (χ1n) is 3.81. The Morgan fingerprint density at radius 1 is 1.46 bits per heavy atom. The predicted octanol–water partition coefficient (Wildman–Crippen LogP) is 1.38. The maximum atomic E-state index is 12.0. The molecule has 1 aliphatic rings. The second-order valence-corrected chi connectivity index (χ2v) is 2.92. The molecule has 0 saturated carbocycles. The first kappa shape index (κ1) is 8.55. The van der Waals surface area contributed by atoms with Gasteiger partial charge in [0, 0.05) is 13.1 Å². The summed E-state index contributed by atoms with van der Waals surface area (Å²) in [5.74, 6) is -0.850. The number of halogens is 3. The highest BCUT2D eigenvalue weighted by molar-refractivity contribution is 5.05. The van der Waals surface area contributed by atoms with Gasteiger partial charge in [0.15, 0.2) is 0 Å². The van der Waals surface area contributed by atoms with Gasteiger partial charge in [-0.3, -0.25) is 0 Å². The molecule has 0 bridgehead atoms. The standard InChI is InChI=1S/C7H7F3N2O/c8-7(9,10)5-3-12-6(13-5)4-1-11-2-4/h3-4,11H,1-2H2. The van der Waals surface area contributed by atoms with Crippen LogP contribution in [0.1, 0.15) is 17.6 Å². The zero-order valence-corrected chi connectivity index (χ0v) is 6.56. The van der Waals surface area contributed by atoms with Crippen LogP contribution >= 0.6 is 0 Å². The molecule has 2 rings (SSSR count). The Morgan fingerprint density at radius 3 is 2.54 bits per heavy atom. The number of hydrogen-bond donors (Lipinski definition) is 1. The van der Waals surface area contributed by atoms with Crippen LogP contribution in [-0.4, -0.2) is 18.1 Å². The van der Waals surface area contributed by atoms with Gasteiger partial charge in [-0.2, -0.15) is 13.2 Å². The van der Waals surface area contributed by atoms with E-state index < -0.39 is 11.9 Å². The van der Waals surface area contributed by atoms with E-state index in [0.717, 1.165) is 6.20 Å². The van der Waals surface area contributed by atoms with Crippen molar-refractivity contribution < 1.29 is 17.6 Å². The van der Waals surface area contributed by atoms with E-state index in [-0.39, 0.29) is 11.8 Å². The third-order valence-electron chi connectivity index (χ3n) is 1.93. The molecule has 1 N–H and O–H groups in total. The van der Waals surface area contributed by atoms with E-state index >= 15 is 0 Å². The number of nitrogens with one attached hydrogen (secondary N) is 1. The Morgan fingerprint density at radius 2 is 2.15 bits per heavy atom. The molecule has 1 aliphatic heterocycles. The van der Waals surface area contributed by atoms with Crippen molar-refractivity contribution in [2.75, 3.05) is 13.1 Å². The van der Waals surface area contributed by atoms with Crippen molar-refractivity contribution in [2.45, 2.75) is 12.1 Å². The molecule has 1 aromatic heterocycles. The van der Waals surface area contributed by atoms with E-state index in [1.54, 1.807) is 0 Å². The smallest absolute Gasteiger partial charge is 0.436 e. The van der Waals surface area contributed by atoms with Gasteiger partial charge < -0.3 is 9.73 Å². The first-order chi connectivity index (χ1) is 6.07. The highest BCUT2D eigenvalue weighted by Crippen LogP contribution is 2.31. The molecule has 0 radical (unpaired) electrons. The molecule has 1 fully saturated rings. The summed E-state index contributed by atoms with van der Waals surface area (Å²) in [4.78, 5) is 3.58. The second kappa shape index (κ2) is 2.73. The number of hydrogen-bond acceptors (Lipinski definition) is 3. The third-order valence-corrected chi connectivity index (χ3v) is 1.93. The molecule has 2 heterocycles. The Bertz CT molecular complexity index is 303. The van der Waals surface area contributed by atoms with Gasteiger partial charge in [-0.25, -0.2) is 4.98 Å². The lowest BCUT2D eigenvalue weighted by molar-refractivity contribution is -0.153. The molecule has 13 heavy (non-hydrogen) atoms. The molecule has 0 aromatic carbocycles. The maximum absolute atomic E-state index is 12.0. The van der Waals surface area contributed by atoms with Crippen molar-refractivity contribution >= 4 is 0 Å². The van der Waals surface area contributed by atoms with Crippen LogP contribution in [0, 0.1) is 0 Å². The number of nitrogens with zero attached hydrogens (tertiary/aromatic N) is 1. The predicted molar refractivity (Wildman–Crippen MR) is 37.1 cm³/mol. The lowest BCUT2D eigenvalue weighted by atomic mass is 10.0. The Labute approximate surface area is 71.9 Å². The van der Waals surface area contributed by atoms with E-state index in [2.05, 4.69) is 14.7 Å². The van der Waals surface area contributed by atoms with E-state index in [9.17, 15) is 13.2 Å². The molecule has 6 heteroatoms. The Balaban J connectivity index is 2.17. The zero-order valence-electron chi connectivity index (χ0n) is 6.56. The van der Waals surface area contributed by atoms with E-state index in [1.165, 1.54) is 0 Å². The summed E-state index contributed by atoms with van der Waals surface area (Å²) in [6.45, 7) is 1.27. The van der Waals surface area contributed by atoms with E-state index in [1.807, 2.05) is 0 Å². The summed E-state index contributed by atoms with van der Waals surface area (Å²) in [6.07, 6.45) is -3.70. The van der Waals surface area contributed by atoms with Crippen molar-refractivity contribution in [3.05, 3.63) is 17.8 Å². The fourth-order valence-corrected chi connectivity index (χ4v) is 1.07. The van der Waals surface area contributed by atoms with Crippen LogP contribution in [-0.2, 0) is 6.18 Å². The second-order valence-electron chi connectivity index (χ2n) is 2.92. The van der Waals surface area contributed by atoms with Gasteiger partial charge in [-0.1, -0.05) is 0 Å². The van der Waals surface area contributed by atoms with Gasteiger partial charge in [0.1, 0.15) is 0 Å². The summed E-state index contributed by atoms with van der Waals surface area (Å²) in [5, 5.41) is 2.93. The quantitative estimate of drug-likeness (QED) is 0.730. The average molecular weight is 192 g/mol. The first-order valence-corrected chi connectivity index (χ1v) is 3.81. The fraction of sp³-hybridized carbons (Fsp3) is 0.571. The summed E-state index contributed by atoms with van der Waals surface area (Å²) in [7, 11) is 0. The molecule has 72 valence electrons. The molecular formula is C7H7F3N2O. The molecular weight excluding hydrogens is 185 g/mol. The molecule has 0 spiro atoms. The highest BCUT2D eigenvalue weighted by atomic mass is 19.4. The number of oxazole rings is 1. The lowest BCUT2D eigenvalue weighted by Gasteiger charge is -2.23. The summed E-state index contributed by atoms with van der Waals surface area (Å²) in [5.41, 5.74) is 0. The van der Waals surface area contributed by atoms with Crippen LogP contribution in [0.3, 0.4) is 0 Å². The normalized spacial score (nSPS) is 18.7. The van der Waals surface area contributed by atoms with E-state index in [4.69, 9.17) is 0 Å². The van der Waals surface area contributed by atoms with Crippen molar-refractivity contribution in [3.8, 4) is 0 Å². The Kier molecular flexibility index (Phi) is 1.80. The zero-order chi connectivity index (χ0) is 9.47. The van der Waals surface area contributed by atoms with Crippen LogP contribution in [0.25, 0.3) is 0 Å². The van der Waals surface area contributed by atoms with Crippen LogP contribution in [0.2, 0.25) is 0 Å². The van der Waals surface area contributed by atoms with Gasteiger partial charge in [0.25, 0.3) is 0 Å². The van der Waals surface area contributed by atoms with Gasteiger partial charge in [-0.05, 0) is 0 Å². The lowest BCUT2D eigenvalue weighted by Crippen LogP contribution is -2.40. The fourth-order valence-electron chi connectivity index (χ4n) is 1.07. The monoisotopic (exact) mass is 192 g/mol. The SMILES string of the molecule is FC(F)(F)c1cnc(C2CNC2)o1. The van der Waals surface area contributed by atoms with Crippen LogP contribution < -0.4 is 5.32 Å². The topological polar surface area (TPSA) is 38.1 Å². The van der Waals surface area contributed by atoms with Crippen LogP contribution in [0.15, 0.2) is 10.6 Å². The average Bonchev–Trinajstić information content (AvgIpc) is 2.29. The molecule has 3 nitrogen and oxygen atoms in total. The van der Waals surface area contributed by atoms with Crippen molar-refractivity contribution in [1.82, 2.24) is 10.3 Å². The van der Waals surface area contributed by atoms with Gasteiger partial charge in [-0.15, -0.1) is 0 Å². The number of aromatic nitrogens is 1. The Hall–Kier alpha value is -1.04. The molecule has 0 atom stereocenters. The minimum atomic E-state index is -4.43. The molecule has 0 unspecified atom stereocenters. The summed E-state index contributed by atoms with van der Waals surface area (Å²) in [6, 6.07) is 0. The van der Waals surface area contributed by atoms with Crippen molar-refractivity contribution in [3.63, 3.8) is 0 Å². The number of alkyl halides is 3. The van der Waals surface area contributed by atoms with Gasteiger partial charge in [0.05, 0.1) is 12.1 Å². The molecule has 1 aromatic rings. The highest BCUT2D eigenvalue weighted by Gasteiger charge is 2.37. The third kappa shape index (κ3) is 1.53. The molecule has 1 saturated heterocycles. The van der Waals surface area contributed by atoms with E-state index in [0.29, 0.717) is 13.1 Å². The van der Waals surface area contributed by atoms with Gasteiger partial charge >= 0.3 is 6.18 Å². The molecule has 0 amide bonds. The van der Waals surface area contributed by atoms with Crippen molar-refractivity contribution in [2.24, 2.45) is 0 Å². The summed E-state index contributed by atoms with van der Waals surface area (Å²) < 4.78 is 40.7. The van der Waals surface area contributed by atoms with Gasteiger partial charge in [0.2, 0.25) is 11.7 Å². The summed E-state index contributed by atoms with van der Waals surface area (Å²) >= 11 is 0. The molecule has 0 aliphatic carbocycles.